The lowest BCUT2D eigenvalue weighted by molar-refractivity contribution is -0.356. The maximum absolute atomic E-state index is 13.3. The van der Waals surface area contributed by atoms with Crippen molar-refractivity contribution in [2.45, 2.75) is 80.2 Å². The van der Waals surface area contributed by atoms with Crippen LogP contribution in [0.5, 0.6) is 0 Å². The monoisotopic (exact) mass is 436 g/mol. The van der Waals surface area contributed by atoms with Crippen LogP contribution < -0.4 is 0 Å². The van der Waals surface area contributed by atoms with Gasteiger partial charge in [-0.05, 0) is 6.42 Å². The molecule has 0 radical (unpaired) electrons. The van der Waals surface area contributed by atoms with Crippen LogP contribution >= 0.6 is 22.6 Å². The van der Waals surface area contributed by atoms with Gasteiger partial charge < -0.3 is 0 Å². The Balaban J connectivity index is 4.61. The molecule has 0 aliphatic carbocycles. The molecule has 128 valence electrons. The van der Waals surface area contributed by atoms with Gasteiger partial charge >= 0.3 is 18.0 Å². The van der Waals surface area contributed by atoms with Gasteiger partial charge in [0.1, 0.15) is 0 Å². The second-order valence-electron chi connectivity index (χ2n) is 5.53. The second kappa shape index (κ2) is 7.68. The van der Waals surface area contributed by atoms with E-state index in [4.69, 9.17) is 0 Å². The maximum Gasteiger partial charge on any atom is 0.459 e. The molecule has 0 heterocycles. The highest BCUT2D eigenvalue weighted by molar-refractivity contribution is 14.1. The molecular weight excluding hydrogens is 416 g/mol. The predicted molar refractivity (Wildman–Crippen MR) is 76.4 cm³/mol. The van der Waals surface area contributed by atoms with E-state index in [0.29, 0.717) is 6.42 Å². The molecule has 0 saturated carbocycles. The van der Waals surface area contributed by atoms with Gasteiger partial charge in [-0.1, -0.05) is 68.5 Å². The highest BCUT2D eigenvalue weighted by Gasteiger charge is 2.73. The Morgan fingerprint density at radius 3 is 1.71 bits per heavy atom. The summed E-state index contributed by atoms with van der Waals surface area (Å²) in [5.41, 5.74) is 0. The van der Waals surface area contributed by atoms with E-state index in [-0.39, 0.29) is 6.42 Å². The molecule has 1 unspecified atom stereocenters. The van der Waals surface area contributed by atoms with Crippen molar-refractivity contribution in [2.24, 2.45) is 0 Å². The third kappa shape index (κ3) is 6.48. The van der Waals surface area contributed by atoms with Crippen molar-refractivity contribution in [1.29, 1.82) is 0 Å². The highest BCUT2D eigenvalue weighted by Crippen LogP contribution is 2.51. The molecule has 0 bridgehead atoms. The molecule has 0 rings (SSSR count). The molecule has 0 aliphatic rings. The SMILES string of the molecule is CCCCCCCC(C)(I)CC(F)(F)C(F)(F)C(F)(F)F. The van der Waals surface area contributed by atoms with E-state index in [1.807, 2.05) is 6.92 Å². The minimum atomic E-state index is -6.25. The molecule has 8 heteroatoms. The van der Waals surface area contributed by atoms with E-state index in [0.717, 1.165) is 25.7 Å². The largest absolute Gasteiger partial charge is 0.459 e. The molecule has 0 amide bonds. The fraction of sp³-hybridized carbons (Fsp3) is 1.00. The molecule has 21 heavy (non-hydrogen) atoms. The first-order valence-electron chi connectivity index (χ1n) is 6.78. The van der Waals surface area contributed by atoms with Gasteiger partial charge in [0, 0.05) is 9.84 Å². The summed E-state index contributed by atoms with van der Waals surface area (Å²) < 4.78 is 87.3. The zero-order valence-electron chi connectivity index (χ0n) is 12.0. The maximum atomic E-state index is 13.3. The van der Waals surface area contributed by atoms with Crippen molar-refractivity contribution in [3.8, 4) is 0 Å². The van der Waals surface area contributed by atoms with Crippen molar-refractivity contribution < 1.29 is 30.7 Å². The lowest BCUT2D eigenvalue weighted by atomic mass is 9.93. The summed E-state index contributed by atoms with van der Waals surface area (Å²) in [6, 6.07) is 0. The van der Waals surface area contributed by atoms with Crippen LogP contribution in [0, 0.1) is 0 Å². The summed E-state index contributed by atoms with van der Waals surface area (Å²) in [5, 5.41) is 0. The van der Waals surface area contributed by atoms with Gasteiger partial charge in [-0.15, -0.1) is 0 Å². The van der Waals surface area contributed by atoms with Gasteiger partial charge in [0.05, 0.1) is 0 Å². The summed E-state index contributed by atoms with van der Waals surface area (Å²) in [7, 11) is 0. The summed E-state index contributed by atoms with van der Waals surface area (Å²) in [4.78, 5) is 0. The lowest BCUT2D eigenvalue weighted by Crippen LogP contribution is -2.53. The fourth-order valence-corrected chi connectivity index (χ4v) is 2.83. The number of halogens is 8. The van der Waals surface area contributed by atoms with Crippen molar-refractivity contribution >= 4 is 22.6 Å². The summed E-state index contributed by atoms with van der Waals surface area (Å²) >= 11 is 1.55. The van der Waals surface area contributed by atoms with Crippen molar-refractivity contribution in [1.82, 2.24) is 0 Å². The fourth-order valence-electron chi connectivity index (χ4n) is 1.97. The Bertz CT molecular complexity index is 310. The molecule has 0 saturated heterocycles. The Kier molecular flexibility index (Phi) is 7.76. The number of hydrogen-bond donors (Lipinski definition) is 0. The van der Waals surface area contributed by atoms with E-state index < -0.39 is 27.9 Å². The van der Waals surface area contributed by atoms with Crippen LogP contribution in [0.15, 0.2) is 0 Å². The Morgan fingerprint density at radius 1 is 0.810 bits per heavy atom. The molecule has 0 aromatic rings. The number of hydrogen-bond acceptors (Lipinski definition) is 0. The van der Waals surface area contributed by atoms with Gasteiger partial charge in [-0.25, -0.2) is 0 Å². The smallest absolute Gasteiger partial charge is 0.199 e. The van der Waals surface area contributed by atoms with Gasteiger partial charge in [0.25, 0.3) is 0 Å². The van der Waals surface area contributed by atoms with Crippen LogP contribution in [-0.2, 0) is 0 Å². The van der Waals surface area contributed by atoms with Crippen LogP contribution in [0.3, 0.4) is 0 Å². The Labute approximate surface area is 134 Å². The van der Waals surface area contributed by atoms with Crippen LogP contribution in [0.2, 0.25) is 0 Å². The molecule has 0 spiro atoms. The van der Waals surface area contributed by atoms with Crippen LogP contribution in [0.4, 0.5) is 30.7 Å². The average molecular weight is 436 g/mol. The molecule has 0 aromatic carbocycles. The van der Waals surface area contributed by atoms with E-state index in [9.17, 15) is 30.7 Å². The molecular formula is C13H20F7I. The zero-order chi connectivity index (χ0) is 16.9. The predicted octanol–water partition coefficient (Wildman–Crippen LogP) is 6.76. The van der Waals surface area contributed by atoms with Gasteiger partial charge in [-0.2, -0.15) is 30.7 Å². The normalized spacial score (nSPS) is 16.9. The van der Waals surface area contributed by atoms with Crippen LogP contribution in [0.25, 0.3) is 0 Å². The third-order valence-corrected chi connectivity index (χ3v) is 4.13. The van der Waals surface area contributed by atoms with Crippen molar-refractivity contribution in [2.75, 3.05) is 0 Å². The van der Waals surface area contributed by atoms with Crippen LogP contribution in [0.1, 0.15) is 58.8 Å². The lowest BCUT2D eigenvalue weighted by Gasteiger charge is -2.33. The second-order valence-corrected chi connectivity index (χ2v) is 8.14. The van der Waals surface area contributed by atoms with E-state index in [1.165, 1.54) is 6.92 Å². The Morgan fingerprint density at radius 2 is 1.29 bits per heavy atom. The summed E-state index contributed by atoms with van der Waals surface area (Å²) in [5.74, 6) is -11.1. The molecule has 0 fully saturated rings. The standard InChI is InChI=1S/C13H20F7I/c1-3-4-5-6-7-8-10(2,21)9-11(14,15)12(16,17)13(18,19)20/h3-9H2,1-2H3. The first-order chi connectivity index (χ1) is 9.27. The first kappa shape index (κ1) is 21.2. The van der Waals surface area contributed by atoms with E-state index >= 15 is 0 Å². The van der Waals surface area contributed by atoms with Gasteiger partial charge in [-0.3, -0.25) is 0 Å². The highest BCUT2D eigenvalue weighted by atomic mass is 127. The third-order valence-electron chi connectivity index (χ3n) is 3.21. The van der Waals surface area contributed by atoms with E-state index in [1.54, 1.807) is 22.6 Å². The van der Waals surface area contributed by atoms with Gasteiger partial charge in [0.15, 0.2) is 0 Å². The zero-order valence-corrected chi connectivity index (χ0v) is 14.1. The molecule has 0 aliphatic heterocycles. The topological polar surface area (TPSA) is 0 Å². The quantitative estimate of drug-likeness (QED) is 0.162. The molecule has 1 atom stereocenters. The van der Waals surface area contributed by atoms with Gasteiger partial charge in [0.2, 0.25) is 0 Å². The Hall–Kier alpha value is 0.240. The minimum Gasteiger partial charge on any atom is -0.199 e. The van der Waals surface area contributed by atoms with Crippen molar-refractivity contribution in [3.63, 3.8) is 0 Å². The summed E-state index contributed by atoms with van der Waals surface area (Å²) in [6.07, 6.45) is -3.39. The molecule has 0 N–H and O–H groups in total. The van der Waals surface area contributed by atoms with Crippen LogP contribution in [-0.4, -0.2) is 21.4 Å². The van der Waals surface area contributed by atoms with Crippen molar-refractivity contribution in [3.05, 3.63) is 0 Å². The number of unbranched alkanes of at least 4 members (excludes halogenated alkanes) is 4. The van der Waals surface area contributed by atoms with E-state index in [2.05, 4.69) is 0 Å². The summed E-state index contributed by atoms with van der Waals surface area (Å²) in [6.45, 7) is 3.29. The minimum absolute atomic E-state index is 0.181. The average Bonchev–Trinajstić information content (AvgIpc) is 2.25. The molecule has 0 nitrogen and oxygen atoms in total. The number of alkyl halides is 8. The number of rotatable bonds is 9. The first-order valence-corrected chi connectivity index (χ1v) is 7.86. The molecule has 0 aromatic heterocycles.